The second-order valence-electron chi connectivity index (χ2n) is 4.15. The van der Waals surface area contributed by atoms with Gasteiger partial charge in [-0.05, 0) is 6.07 Å². The fourth-order valence-corrected chi connectivity index (χ4v) is 2.02. The molecule has 4 nitrogen and oxygen atoms in total. The van der Waals surface area contributed by atoms with Crippen LogP contribution in [-0.2, 0) is 7.05 Å². The Morgan fingerprint density at radius 3 is 2.76 bits per heavy atom. The smallest absolute Gasteiger partial charge is 0.252 e. The first-order valence-electron chi connectivity index (χ1n) is 5.65. The highest BCUT2D eigenvalue weighted by molar-refractivity contribution is 5.91. The van der Waals surface area contributed by atoms with Gasteiger partial charge in [0.2, 0.25) is 0 Å². The van der Waals surface area contributed by atoms with Crippen LogP contribution >= 0.6 is 0 Å². The number of aryl methyl sites for hydroxylation is 1. The summed E-state index contributed by atoms with van der Waals surface area (Å²) < 4.78 is 1.66. The van der Waals surface area contributed by atoms with Crippen molar-refractivity contribution >= 4 is 16.6 Å². The van der Waals surface area contributed by atoms with Crippen molar-refractivity contribution in [2.75, 3.05) is 25.0 Å². The monoisotopic (exact) mass is 231 g/mol. The summed E-state index contributed by atoms with van der Waals surface area (Å²) in [6.45, 7) is 1.30. The molecule has 90 valence electrons. The van der Waals surface area contributed by atoms with Gasteiger partial charge in [-0.25, -0.2) is 0 Å². The lowest BCUT2D eigenvalue weighted by Crippen LogP contribution is -2.27. The Balaban J connectivity index is 2.71. The third-order valence-electron chi connectivity index (χ3n) is 3.01. The van der Waals surface area contributed by atoms with Gasteiger partial charge in [0.05, 0.1) is 11.2 Å². The van der Waals surface area contributed by atoms with Gasteiger partial charge in [-0.2, -0.15) is 0 Å². The number of nitrogens with zero attached hydrogens (tertiary/aromatic N) is 2. The van der Waals surface area contributed by atoms with Gasteiger partial charge >= 0.3 is 0 Å². The number of fused-ring (bicyclic) bond motifs is 1. The first-order valence-corrected chi connectivity index (χ1v) is 5.65. The molecule has 0 unspecified atom stereocenters. The minimum absolute atomic E-state index is 0.00238. The summed E-state index contributed by atoms with van der Waals surface area (Å²) >= 11 is 0. The molecular formula is C13H17N3O. The van der Waals surface area contributed by atoms with Gasteiger partial charge < -0.3 is 15.2 Å². The molecule has 0 fully saturated rings. The van der Waals surface area contributed by atoms with E-state index in [0.717, 1.165) is 23.1 Å². The predicted octanol–water partition coefficient (Wildman–Crippen LogP) is 0.933. The van der Waals surface area contributed by atoms with Crippen LogP contribution in [0.25, 0.3) is 10.9 Å². The lowest BCUT2D eigenvalue weighted by molar-refractivity contribution is 0.871. The van der Waals surface area contributed by atoms with Gasteiger partial charge in [-0.15, -0.1) is 0 Å². The summed E-state index contributed by atoms with van der Waals surface area (Å²) in [5.41, 5.74) is 7.44. The van der Waals surface area contributed by atoms with E-state index in [1.165, 1.54) is 0 Å². The molecule has 2 aromatic rings. The van der Waals surface area contributed by atoms with Gasteiger partial charge in [-0.3, -0.25) is 4.79 Å². The molecule has 1 heterocycles. The Morgan fingerprint density at radius 1 is 1.35 bits per heavy atom. The average Bonchev–Trinajstić information content (AvgIpc) is 2.34. The average molecular weight is 231 g/mol. The molecule has 0 amide bonds. The molecule has 0 saturated heterocycles. The third-order valence-corrected chi connectivity index (χ3v) is 3.01. The van der Waals surface area contributed by atoms with E-state index in [4.69, 9.17) is 5.73 Å². The number of para-hydroxylation sites is 1. The Morgan fingerprint density at radius 2 is 2.06 bits per heavy atom. The predicted molar refractivity (Wildman–Crippen MR) is 71.5 cm³/mol. The summed E-state index contributed by atoms with van der Waals surface area (Å²) in [5, 5.41) is 1.07. The van der Waals surface area contributed by atoms with Gasteiger partial charge in [0, 0.05) is 38.6 Å². The number of likely N-dealkylation sites (N-methyl/N-ethyl adjacent to an activating group) is 1. The maximum absolute atomic E-state index is 11.9. The van der Waals surface area contributed by atoms with Crippen LogP contribution in [-0.4, -0.2) is 24.7 Å². The Labute approximate surface area is 100 Å². The summed E-state index contributed by atoms with van der Waals surface area (Å²) in [6, 6.07) is 9.56. The highest BCUT2D eigenvalue weighted by Crippen LogP contribution is 2.23. The first-order chi connectivity index (χ1) is 8.15. The number of anilines is 1. The van der Waals surface area contributed by atoms with Crippen LogP contribution in [0.2, 0.25) is 0 Å². The zero-order valence-electron chi connectivity index (χ0n) is 10.2. The highest BCUT2D eigenvalue weighted by atomic mass is 16.1. The lowest BCUT2D eigenvalue weighted by Gasteiger charge is -2.21. The van der Waals surface area contributed by atoms with Crippen molar-refractivity contribution in [1.29, 1.82) is 0 Å². The summed E-state index contributed by atoms with van der Waals surface area (Å²) in [5.74, 6) is 0. The van der Waals surface area contributed by atoms with E-state index >= 15 is 0 Å². The minimum atomic E-state index is 0.00238. The number of hydrogen-bond donors (Lipinski definition) is 1. The molecule has 1 aromatic heterocycles. The van der Waals surface area contributed by atoms with Crippen molar-refractivity contribution in [2.24, 2.45) is 12.8 Å². The van der Waals surface area contributed by atoms with Crippen LogP contribution < -0.4 is 16.2 Å². The van der Waals surface area contributed by atoms with Crippen molar-refractivity contribution in [1.82, 2.24) is 4.57 Å². The standard InChI is InChI=1S/C13H17N3O/c1-15(8-7-14)12-9-13(17)16(2)11-6-4-3-5-10(11)12/h3-6,9H,7-8,14H2,1-2H3. The van der Waals surface area contributed by atoms with Crippen LogP contribution in [0, 0.1) is 0 Å². The van der Waals surface area contributed by atoms with E-state index in [0.29, 0.717) is 6.54 Å². The third kappa shape index (κ3) is 2.03. The molecule has 2 N–H and O–H groups in total. The zero-order chi connectivity index (χ0) is 12.4. The van der Waals surface area contributed by atoms with Crippen molar-refractivity contribution in [3.8, 4) is 0 Å². The Kier molecular flexibility index (Phi) is 3.15. The van der Waals surface area contributed by atoms with E-state index in [9.17, 15) is 4.79 Å². The molecule has 0 bridgehead atoms. The van der Waals surface area contributed by atoms with E-state index < -0.39 is 0 Å². The van der Waals surface area contributed by atoms with Crippen LogP contribution in [0.4, 0.5) is 5.69 Å². The SMILES string of the molecule is CN(CCN)c1cc(=O)n(C)c2ccccc12. The van der Waals surface area contributed by atoms with Crippen LogP contribution in [0.1, 0.15) is 0 Å². The van der Waals surface area contributed by atoms with E-state index in [1.54, 1.807) is 17.7 Å². The second-order valence-corrected chi connectivity index (χ2v) is 4.15. The number of pyridine rings is 1. The maximum Gasteiger partial charge on any atom is 0.252 e. The number of benzene rings is 1. The maximum atomic E-state index is 11.9. The molecule has 0 atom stereocenters. The van der Waals surface area contributed by atoms with Crippen LogP contribution in [0.5, 0.6) is 0 Å². The topological polar surface area (TPSA) is 51.3 Å². The Hall–Kier alpha value is -1.81. The number of aromatic nitrogens is 1. The molecule has 0 radical (unpaired) electrons. The molecule has 1 aromatic carbocycles. The summed E-state index contributed by atoms with van der Waals surface area (Å²) in [7, 11) is 3.74. The number of hydrogen-bond acceptors (Lipinski definition) is 3. The Bertz CT molecular complexity index is 589. The van der Waals surface area contributed by atoms with Crippen molar-refractivity contribution in [2.45, 2.75) is 0 Å². The molecule has 0 saturated carbocycles. The largest absolute Gasteiger partial charge is 0.373 e. The van der Waals surface area contributed by atoms with E-state index in [1.807, 2.05) is 36.2 Å². The number of nitrogens with two attached hydrogens (primary N) is 1. The van der Waals surface area contributed by atoms with Crippen LogP contribution in [0.15, 0.2) is 35.1 Å². The summed E-state index contributed by atoms with van der Waals surface area (Å²) in [4.78, 5) is 13.9. The quantitative estimate of drug-likeness (QED) is 0.855. The van der Waals surface area contributed by atoms with Gasteiger partial charge in [0.25, 0.3) is 5.56 Å². The molecule has 0 aliphatic rings. The highest BCUT2D eigenvalue weighted by Gasteiger charge is 2.08. The van der Waals surface area contributed by atoms with Gasteiger partial charge in [0.15, 0.2) is 0 Å². The van der Waals surface area contributed by atoms with Gasteiger partial charge in [0.1, 0.15) is 0 Å². The molecule has 2 rings (SSSR count). The van der Waals surface area contributed by atoms with Gasteiger partial charge in [-0.1, -0.05) is 18.2 Å². The van der Waals surface area contributed by atoms with E-state index in [2.05, 4.69) is 0 Å². The van der Waals surface area contributed by atoms with E-state index in [-0.39, 0.29) is 5.56 Å². The van der Waals surface area contributed by atoms with Crippen molar-refractivity contribution in [3.05, 3.63) is 40.7 Å². The zero-order valence-corrected chi connectivity index (χ0v) is 10.2. The van der Waals surface area contributed by atoms with Crippen LogP contribution in [0.3, 0.4) is 0 Å². The normalized spacial score (nSPS) is 10.8. The molecule has 17 heavy (non-hydrogen) atoms. The molecule has 0 aliphatic carbocycles. The first kappa shape index (κ1) is 11.7. The molecule has 0 spiro atoms. The summed E-state index contributed by atoms with van der Waals surface area (Å²) in [6.07, 6.45) is 0. The number of rotatable bonds is 3. The minimum Gasteiger partial charge on any atom is -0.373 e. The molecule has 0 aliphatic heterocycles. The molecule has 4 heteroatoms. The molecular weight excluding hydrogens is 214 g/mol. The van der Waals surface area contributed by atoms with Crippen molar-refractivity contribution < 1.29 is 0 Å². The fraction of sp³-hybridized carbons (Fsp3) is 0.308. The van der Waals surface area contributed by atoms with Crippen molar-refractivity contribution in [3.63, 3.8) is 0 Å². The second kappa shape index (κ2) is 4.59. The fourth-order valence-electron chi connectivity index (χ4n) is 2.02. The lowest BCUT2D eigenvalue weighted by atomic mass is 10.1.